The maximum Gasteiger partial charge on any atom is 0.264 e. The highest BCUT2D eigenvalue weighted by Gasteiger charge is 2.34. The zero-order valence-corrected chi connectivity index (χ0v) is 27.2. The SMILES string of the molecule is CCCNC(=O)[C@H](CC)N(Cc1ccccc1Cl)C(=O)CN(c1ccc(Oc2ccccc2)cc1)S(=O)(=O)c1ccc(C)cc1. The topological polar surface area (TPSA) is 96.0 Å². The fraction of sp³-hybridized carbons (Fsp3) is 0.257. The maximum absolute atomic E-state index is 14.2. The quantitative estimate of drug-likeness (QED) is 0.159. The van der Waals surface area contributed by atoms with E-state index in [0.29, 0.717) is 35.1 Å². The third-order valence-electron chi connectivity index (χ3n) is 7.23. The predicted molar refractivity (Wildman–Crippen MR) is 178 cm³/mol. The van der Waals surface area contributed by atoms with Crippen molar-refractivity contribution in [3.8, 4) is 11.5 Å². The fourth-order valence-corrected chi connectivity index (χ4v) is 6.38. The molecule has 1 atom stereocenters. The number of benzene rings is 4. The van der Waals surface area contributed by atoms with Crippen LogP contribution in [0.25, 0.3) is 0 Å². The molecular weight excluding hydrogens is 610 g/mol. The molecule has 0 aliphatic rings. The molecule has 0 saturated heterocycles. The van der Waals surface area contributed by atoms with Crippen LogP contribution < -0.4 is 14.4 Å². The summed E-state index contributed by atoms with van der Waals surface area (Å²) in [5.74, 6) is 0.276. The molecule has 0 radical (unpaired) electrons. The maximum atomic E-state index is 14.2. The van der Waals surface area contributed by atoms with Crippen molar-refractivity contribution in [2.75, 3.05) is 17.4 Å². The molecule has 0 spiro atoms. The first kappa shape index (κ1) is 33.6. The van der Waals surface area contributed by atoms with Gasteiger partial charge in [-0.1, -0.05) is 79.5 Å². The van der Waals surface area contributed by atoms with E-state index in [1.54, 1.807) is 60.7 Å². The van der Waals surface area contributed by atoms with Crippen LogP contribution in [0.5, 0.6) is 11.5 Å². The number of rotatable bonds is 14. The number of nitrogens with zero attached hydrogens (tertiary/aromatic N) is 2. The Morgan fingerprint density at radius 3 is 2.09 bits per heavy atom. The first-order valence-corrected chi connectivity index (χ1v) is 16.7. The number of carbonyl (C=O) groups excluding carboxylic acids is 2. The molecule has 4 aromatic rings. The van der Waals surface area contributed by atoms with Gasteiger partial charge in [0.2, 0.25) is 11.8 Å². The Morgan fingerprint density at radius 1 is 0.844 bits per heavy atom. The standard InChI is InChI=1S/C35H38ClN3O5S/c1-4-23-37-35(41)33(5-2)38(24-27-11-9-10-14-32(27)36)34(40)25-39(45(42,43)31-21-15-26(3)16-22-31)28-17-19-30(20-18-28)44-29-12-7-6-8-13-29/h6-22,33H,4-5,23-25H2,1-3H3,(H,37,41)/t33-/m0/s1. The number of sulfonamides is 1. The zero-order chi connectivity index (χ0) is 32.4. The van der Waals surface area contributed by atoms with E-state index in [9.17, 15) is 18.0 Å². The summed E-state index contributed by atoms with van der Waals surface area (Å²) in [4.78, 5) is 28.9. The molecule has 0 aliphatic carbocycles. The average molecular weight is 648 g/mol. The molecule has 2 amide bonds. The number of aryl methyl sites for hydroxylation is 1. The van der Waals surface area contributed by atoms with Gasteiger partial charge in [0.1, 0.15) is 24.1 Å². The van der Waals surface area contributed by atoms with Crippen LogP contribution in [-0.2, 0) is 26.2 Å². The average Bonchev–Trinajstić information content (AvgIpc) is 3.04. The minimum Gasteiger partial charge on any atom is -0.457 e. The number of carbonyl (C=O) groups is 2. The first-order chi connectivity index (χ1) is 21.6. The van der Waals surface area contributed by atoms with E-state index in [1.807, 2.05) is 51.1 Å². The third-order valence-corrected chi connectivity index (χ3v) is 9.38. The van der Waals surface area contributed by atoms with Crippen molar-refractivity contribution in [3.05, 3.63) is 119 Å². The lowest BCUT2D eigenvalue weighted by molar-refractivity contribution is -0.140. The normalized spacial score (nSPS) is 11.8. The van der Waals surface area contributed by atoms with Crippen LogP contribution in [-0.4, -0.2) is 44.3 Å². The van der Waals surface area contributed by atoms with Gasteiger partial charge in [0.15, 0.2) is 0 Å². The molecule has 236 valence electrons. The second-order valence-corrected chi connectivity index (χ2v) is 12.8. The minimum atomic E-state index is -4.20. The van der Waals surface area contributed by atoms with Crippen molar-refractivity contribution in [2.24, 2.45) is 0 Å². The summed E-state index contributed by atoms with van der Waals surface area (Å²) in [6.45, 7) is 5.56. The zero-order valence-electron chi connectivity index (χ0n) is 25.6. The van der Waals surface area contributed by atoms with E-state index in [2.05, 4.69) is 5.32 Å². The first-order valence-electron chi connectivity index (χ1n) is 14.9. The molecule has 0 fully saturated rings. The van der Waals surface area contributed by atoms with Crippen LogP contribution in [0, 0.1) is 6.92 Å². The largest absolute Gasteiger partial charge is 0.457 e. The number of hydrogen-bond donors (Lipinski definition) is 1. The smallest absolute Gasteiger partial charge is 0.264 e. The Kier molecular flexibility index (Phi) is 11.6. The third kappa shape index (κ3) is 8.65. The molecule has 4 rings (SSSR count). The summed E-state index contributed by atoms with van der Waals surface area (Å²) < 4.78 is 35.2. The van der Waals surface area contributed by atoms with Gasteiger partial charge in [-0.3, -0.25) is 13.9 Å². The Balaban J connectivity index is 1.73. The molecule has 0 saturated carbocycles. The number of hydrogen-bond acceptors (Lipinski definition) is 5. The summed E-state index contributed by atoms with van der Waals surface area (Å²) in [5.41, 5.74) is 1.81. The van der Waals surface area contributed by atoms with Gasteiger partial charge in [0.25, 0.3) is 10.0 Å². The van der Waals surface area contributed by atoms with E-state index in [1.165, 1.54) is 17.0 Å². The van der Waals surface area contributed by atoms with Crippen molar-refractivity contribution in [3.63, 3.8) is 0 Å². The van der Waals surface area contributed by atoms with Crippen LogP contribution >= 0.6 is 11.6 Å². The summed E-state index contributed by atoms with van der Waals surface area (Å²) >= 11 is 6.47. The Morgan fingerprint density at radius 2 is 1.47 bits per heavy atom. The Labute approximate surface area is 270 Å². The van der Waals surface area contributed by atoms with Crippen LogP contribution in [0.4, 0.5) is 5.69 Å². The van der Waals surface area contributed by atoms with Gasteiger partial charge >= 0.3 is 0 Å². The van der Waals surface area contributed by atoms with E-state index in [0.717, 1.165) is 16.3 Å². The Hall–Kier alpha value is -4.34. The van der Waals surface area contributed by atoms with Crippen molar-refractivity contribution in [1.29, 1.82) is 0 Å². The van der Waals surface area contributed by atoms with Crippen molar-refractivity contribution in [1.82, 2.24) is 10.2 Å². The number of ether oxygens (including phenoxy) is 1. The van der Waals surface area contributed by atoms with Gasteiger partial charge in [-0.2, -0.15) is 0 Å². The van der Waals surface area contributed by atoms with Gasteiger partial charge in [0, 0.05) is 18.1 Å². The number of halogens is 1. The van der Waals surface area contributed by atoms with Crippen LogP contribution in [0.15, 0.2) is 108 Å². The molecule has 0 bridgehead atoms. The highest BCUT2D eigenvalue weighted by Crippen LogP contribution is 2.29. The summed E-state index contributed by atoms with van der Waals surface area (Å²) in [6.07, 6.45) is 1.05. The molecule has 45 heavy (non-hydrogen) atoms. The van der Waals surface area contributed by atoms with Gasteiger partial charge in [-0.15, -0.1) is 0 Å². The van der Waals surface area contributed by atoms with Crippen LogP contribution in [0.3, 0.4) is 0 Å². The van der Waals surface area contributed by atoms with E-state index in [4.69, 9.17) is 16.3 Å². The summed E-state index contributed by atoms with van der Waals surface area (Å²) in [6, 6.07) is 28.4. The second-order valence-electron chi connectivity index (χ2n) is 10.6. The summed E-state index contributed by atoms with van der Waals surface area (Å²) in [7, 11) is -4.20. The van der Waals surface area contributed by atoms with Crippen LogP contribution in [0.1, 0.15) is 37.8 Å². The van der Waals surface area contributed by atoms with Crippen LogP contribution in [0.2, 0.25) is 5.02 Å². The fourth-order valence-electron chi connectivity index (χ4n) is 4.77. The molecule has 10 heteroatoms. The molecule has 8 nitrogen and oxygen atoms in total. The predicted octanol–water partition coefficient (Wildman–Crippen LogP) is 6.97. The lowest BCUT2D eigenvalue weighted by atomic mass is 10.1. The van der Waals surface area contributed by atoms with Crippen molar-refractivity contribution < 1.29 is 22.7 Å². The number of amides is 2. The van der Waals surface area contributed by atoms with E-state index in [-0.39, 0.29) is 23.0 Å². The number of nitrogens with one attached hydrogen (secondary N) is 1. The van der Waals surface area contributed by atoms with E-state index >= 15 is 0 Å². The second kappa shape index (κ2) is 15.6. The van der Waals surface area contributed by atoms with Gasteiger partial charge in [-0.05, 0) is 79.9 Å². The molecule has 1 N–H and O–H groups in total. The number of anilines is 1. The minimum absolute atomic E-state index is 0.0266. The number of para-hydroxylation sites is 1. The molecule has 0 aromatic heterocycles. The molecular formula is C35H38ClN3O5S. The Bertz CT molecular complexity index is 1680. The van der Waals surface area contributed by atoms with Gasteiger partial charge in [0.05, 0.1) is 10.6 Å². The molecule has 0 aliphatic heterocycles. The van der Waals surface area contributed by atoms with E-state index < -0.39 is 28.5 Å². The van der Waals surface area contributed by atoms with Gasteiger partial charge in [-0.25, -0.2) is 8.42 Å². The molecule has 0 heterocycles. The van der Waals surface area contributed by atoms with Crippen molar-refractivity contribution in [2.45, 2.75) is 51.1 Å². The molecule has 0 unspecified atom stereocenters. The lowest BCUT2D eigenvalue weighted by Gasteiger charge is -2.33. The summed E-state index contributed by atoms with van der Waals surface area (Å²) in [5, 5.41) is 3.32. The highest BCUT2D eigenvalue weighted by atomic mass is 35.5. The van der Waals surface area contributed by atoms with Gasteiger partial charge < -0.3 is 15.0 Å². The monoisotopic (exact) mass is 647 g/mol. The highest BCUT2D eigenvalue weighted by molar-refractivity contribution is 7.92. The van der Waals surface area contributed by atoms with Crippen molar-refractivity contribution >= 4 is 39.1 Å². The molecule has 4 aromatic carbocycles. The lowest BCUT2D eigenvalue weighted by Crippen LogP contribution is -2.52.